The summed E-state index contributed by atoms with van der Waals surface area (Å²) in [5, 5.41) is 7.28. The monoisotopic (exact) mass is 341 g/mol. The first-order valence-corrected chi connectivity index (χ1v) is 8.76. The zero-order valence-corrected chi connectivity index (χ0v) is 14.6. The molecule has 0 radical (unpaired) electrons. The second-order valence-corrected chi connectivity index (χ2v) is 6.82. The van der Waals surface area contributed by atoms with E-state index in [0.29, 0.717) is 18.2 Å². The molecule has 2 saturated carbocycles. The third-order valence-corrected chi connectivity index (χ3v) is 4.91. The Labute approximate surface area is 147 Å². The molecule has 2 aliphatic carbocycles. The number of ether oxygens (including phenoxy) is 2. The van der Waals surface area contributed by atoms with Crippen molar-refractivity contribution in [2.75, 3.05) is 14.2 Å². The van der Waals surface area contributed by atoms with Crippen LogP contribution in [0, 0.1) is 0 Å². The van der Waals surface area contributed by atoms with Crippen LogP contribution < -0.4 is 9.47 Å². The highest BCUT2D eigenvalue weighted by Crippen LogP contribution is 2.39. The standard InChI is InChI=1S/C19H23N3O3/c1-24-15-7-8-18(25-2)13(9-15)11-22(14-5-6-14)19(23)17-10-16(20-21-17)12-3-4-12/h7-10,12,14H,3-6,11H2,1-2H3,(H,20,21). The maximum absolute atomic E-state index is 13.0. The first-order chi connectivity index (χ1) is 12.2. The number of benzene rings is 1. The fourth-order valence-corrected chi connectivity index (χ4v) is 3.14. The number of amides is 1. The number of methoxy groups -OCH3 is 2. The number of hydrogen-bond acceptors (Lipinski definition) is 4. The van der Waals surface area contributed by atoms with Crippen molar-refractivity contribution in [2.45, 2.75) is 44.2 Å². The first kappa shape index (κ1) is 16.0. The van der Waals surface area contributed by atoms with Gasteiger partial charge in [0.1, 0.15) is 17.2 Å². The molecule has 1 heterocycles. The van der Waals surface area contributed by atoms with Crippen molar-refractivity contribution in [1.29, 1.82) is 0 Å². The van der Waals surface area contributed by atoms with Gasteiger partial charge in [0, 0.05) is 23.2 Å². The Hall–Kier alpha value is -2.50. The lowest BCUT2D eigenvalue weighted by Crippen LogP contribution is -2.33. The maximum Gasteiger partial charge on any atom is 0.274 e. The fraction of sp³-hybridized carbons (Fsp3) is 0.474. The number of hydrogen-bond donors (Lipinski definition) is 1. The van der Waals surface area contributed by atoms with Crippen LogP contribution in [-0.4, -0.2) is 41.3 Å². The van der Waals surface area contributed by atoms with E-state index in [1.807, 2.05) is 29.2 Å². The van der Waals surface area contributed by atoms with Crippen molar-refractivity contribution in [1.82, 2.24) is 15.1 Å². The van der Waals surface area contributed by atoms with Gasteiger partial charge in [-0.25, -0.2) is 0 Å². The Morgan fingerprint density at radius 3 is 2.64 bits per heavy atom. The predicted octanol–water partition coefficient (Wildman–Crippen LogP) is 3.11. The van der Waals surface area contributed by atoms with Gasteiger partial charge in [0.25, 0.3) is 5.91 Å². The van der Waals surface area contributed by atoms with E-state index in [1.54, 1.807) is 14.2 Å². The number of aromatic amines is 1. The first-order valence-electron chi connectivity index (χ1n) is 8.76. The van der Waals surface area contributed by atoms with Crippen LogP contribution in [0.2, 0.25) is 0 Å². The molecule has 1 N–H and O–H groups in total. The van der Waals surface area contributed by atoms with Crippen LogP contribution >= 0.6 is 0 Å². The summed E-state index contributed by atoms with van der Waals surface area (Å²) in [7, 11) is 3.28. The van der Waals surface area contributed by atoms with Crippen molar-refractivity contribution in [3.8, 4) is 11.5 Å². The zero-order chi connectivity index (χ0) is 17.4. The van der Waals surface area contributed by atoms with Crippen molar-refractivity contribution < 1.29 is 14.3 Å². The average Bonchev–Trinajstić information content (AvgIpc) is 3.58. The highest BCUT2D eigenvalue weighted by Gasteiger charge is 2.35. The van der Waals surface area contributed by atoms with Crippen molar-refractivity contribution in [3.05, 3.63) is 41.2 Å². The summed E-state index contributed by atoms with van der Waals surface area (Å²) in [6, 6.07) is 7.87. The van der Waals surface area contributed by atoms with E-state index in [2.05, 4.69) is 10.2 Å². The second-order valence-electron chi connectivity index (χ2n) is 6.82. The Kier molecular flexibility index (Phi) is 4.11. The van der Waals surface area contributed by atoms with Crippen LogP contribution in [0.15, 0.2) is 24.3 Å². The summed E-state index contributed by atoms with van der Waals surface area (Å²) in [5.74, 6) is 2.06. The van der Waals surface area contributed by atoms with Crippen LogP contribution in [-0.2, 0) is 6.54 Å². The molecule has 1 aromatic heterocycles. The molecule has 1 amide bonds. The molecule has 2 aromatic rings. The second kappa shape index (κ2) is 6.43. The predicted molar refractivity (Wildman–Crippen MR) is 93.0 cm³/mol. The molecule has 4 rings (SSSR count). The van der Waals surface area contributed by atoms with Crippen LogP contribution in [0.5, 0.6) is 11.5 Å². The van der Waals surface area contributed by atoms with Gasteiger partial charge in [-0.2, -0.15) is 5.10 Å². The number of carbonyl (C=O) groups is 1. The summed E-state index contributed by atoms with van der Waals surface area (Å²) in [6.07, 6.45) is 4.45. The molecule has 6 nitrogen and oxygen atoms in total. The summed E-state index contributed by atoms with van der Waals surface area (Å²) >= 11 is 0. The molecule has 25 heavy (non-hydrogen) atoms. The third-order valence-electron chi connectivity index (χ3n) is 4.91. The minimum atomic E-state index is -0.0180. The summed E-state index contributed by atoms with van der Waals surface area (Å²) in [4.78, 5) is 14.9. The number of carbonyl (C=O) groups excluding carboxylic acids is 1. The zero-order valence-electron chi connectivity index (χ0n) is 14.6. The quantitative estimate of drug-likeness (QED) is 0.840. The maximum atomic E-state index is 13.0. The Bertz CT molecular complexity index is 778. The molecule has 2 aliphatic rings. The molecule has 0 bridgehead atoms. The Morgan fingerprint density at radius 2 is 2.00 bits per heavy atom. The minimum absolute atomic E-state index is 0.0180. The molecule has 2 fully saturated rings. The van der Waals surface area contributed by atoms with Gasteiger partial charge < -0.3 is 14.4 Å². The van der Waals surface area contributed by atoms with Gasteiger partial charge in [-0.3, -0.25) is 9.89 Å². The summed E-state index contributed by atoms with van der Waals surface area (Å²) in [6.45, 7) is 0.496. The summed E-state index contributed by atoms with van der Waals surface area (Å²) in [5.41, 5.74) is 2.54. The van der Waals surface area contributed by atoms with E-state index in [1.165, 1.54) is 12.8 Å². The minimum Gasteiger partial charge on any atom is -0.497 e. The molecule has 0 saturated heterocycles. The third kappa shape index (κ3) is 3.34. The highest BCUT2D eigenvalue weighted by atomic mass is 16.5. The lowest BCUT2D eigenvalue weighted by molar-refractivity contribution is 0.0722. The lowest BCUT2D eigenvalue weighted by Gasteiger charge is -2.23. The van der Waals surface area contributed by atoms with Crippen LogP contribution in [0.25, 0.3) is 0 Å². The van der Waals surface area contributed by atoms with Crippen molar-refractivity contribution in [2.24, 2.45) is 0 Å². The van der Waals surface area contributed by atoms with Gasteiger partial charge in [0.15, 0.2) is 0 Å². The van der Waals surface area contributed by atoms with Gasteiger partial charge in [0.2, 0.25) is 0 Å². The van der Waals surface area contributed by atoms with E-state index >= 15 is 0 Å². The summed E-state index contributed by atoms with van der Waals surface area (Å²) < 4.78 is 10.8. The smallest absolute Gasteiger partial charge is 0.274 e. The van der Waals surface area contributed by atoms with E-state index < -0.39 is 0 Å². The van der Waals surface area contributed by atoms with E-state index in [-0.39, 0.29) is 11.9 Å². The van der Waals surface area contributed by atoms with Gasteiger partial charge >= 0.3 is 0 Å². The molecule has 0 spiro atoms. The number of rotatable bonds is 7. The molecule has 0 atom stereocenters. The van der Waals surface area contributed by atoms with Crippen molar-refractivity contribution >= 4 is 5.91 Å². The van der Waals surface area contributed by atoms with Crippen LogP contribution in [0.1, 0.15) is 53.3 Å². The van der Waals surface area contributed by atoms with E-state index in [9.17, 15) is 4.79 Å². The van der Waals surface area contributed by atoms with Gasteiger partial charge in [-0.05, 0) is 49.9 Å². The average molecular weight is 341 g/mol. The fourth-order valence-electron chi connectivity index (χ4n) is 3.14. The molecule has 132 valence electrons. The molecular weight excluding hydrogens is 318 g/mol. The van der Waals surface area contributed by atoms with E-state index in [4.69, 9.17) is 9.47 Å². The molecule has 1 aromatic carbocycles. The van der Waals surface area contributed by atoms with Crippen molar-refractivity contribution in [3.63, 3.8) is 0 Å². The largest absolute Gasteiger partial charge is 0.497 e. The van der Waals surface area contributed by atoms with Crippen LogP contribution in [0.3, 0.4) is 0 Å². The van der Waals surface area contributed by atoms with Gasteiger partial charge in [-0.15, -0.1) is 0 Å². The lowest BCUT2D eigenvalue weighted by atomic mass is 10.1. The number of H-pyrrole nitrogens is 1. The normalized spacial score (nSPS) is 16.6. The van der Waals surface area contributed by atoms with E-state index in [0.717, 1.165) is 35.6 Å². The number of nitrogens with zero attached hydrogens (tertiary/aromatic N) is 2. The molecule has 0 unspecified atom stereocenters. The van der Waals surface area contributed by atoms with Crippen LogP contribution in [0.4, 0.5) is 0 Å². The Balaban J connectivity index is 1.57. The molecule has 0 aliphatic heterocycles. The van der Waals surface area contributed by atoms with Gasteiger partial charge in [0.05, 0.1) is 20.8 Å². The molecule has 6 heteroatoms. The number of aromatic nitrogens is 2. The topological polar surface area (TPSA) is 67.5 Å². The molecular formula is C19H23N3O3. The highest BCUT2D eigenvalue weighted by molar-refractivity contribution is 5.93. The number of nitrogens with one attached hydrogen (secondary N) is 1. The Morgan fingerprint density at radius 1 is 1.20 bits per heavy atom. The SMILES string of the molecule is COc1ccc(OC)c(CN(C(=O)c2cc(C3CC3)[nH]n2)C2CC2)c1. The van der Waals surface area contributed by atoms with Gasteiger partial charge in [-0.1, -0.05) is 0 Å².